The normalized spacial score (nSPS) is 11.4. The van der Waals surface area contributed by atoms with E-state index in [-0.39, 0.29) is 12.2 Å². The van der Waals surface area contributed by atoms with E-state index < -0.39 is 9.84 Å². The Labute approximate surface area is 90.0 Å². The van der Waals surface area contributed by atoms with Gasteiger partial charge in [0.05, 0.1) is 4.90 Å². The lowest BCUT2D eigenvalue weighted by atomic mass is 10.1. The van der Waals surface area contributed by atoms with E-state index in [1.165, 1.54) is 13.2 Å². The topological polar surface area (TPSA) is 51.2 Å². The van der Waals surface area contributed by atoms with Crippen LogP contribution in [0.1, 0.15) is 18.1 Å². The van der Waals surface area contributed by atoms with Gasteiger partial charge in [-0.15, -0.1) is 0 Å². The van der Waals surface area contributed by atoms with Gasteiger partial charge in [-0.25, -0.2) is 8.42 Å². The predicted molar refractivity (Wildman–Crippen MR) is 58.7 cm³/mol. The zero-order chi connectivity index (χ0) is 11.6. The van der Waals surface area contributed by atoms with Gasteiger partial charge in [-0.05, 0) is 31.0 Å². The van der Waals surface area contributed by atoms with Crippen LogP contribution in [-0.2, 0) is 21.1 Å². The van der Waals surface area contributed by atoms with Crippen LogP contribution in [0.3, 0.4) is 0 Å². The van der Waals surface area contributed by atoms with Gasteiger partial charge in [0.15, 0.2) is 9.84 Å². The predicted octanol–water partition coefficient (Wildman–Crippen LogP) is 1.53. The van der Waals surface area contributed by atoms with Crippen molar-refractivity contribution in [2.24, 2.45) is 0 Å². The van der Waals surface area contributed by atoms with Crippen molar-refractivity contribution in [1.29, 1.82) is 0 Å². The molecule has 0 N–H and O–H groups in total. The summed E-state index contributed by atoms with van der Waals surface area (Å²) in [6.07, 6.45) is 1.45. The molecule has 0 unspecified atom stereocenters. The summed E-state index contributed by atoms with van der Waals surface area (Å²) in [5.41, 5.74) is 1.46. The summed E-state index contributed by atoms with van der Waals surface area (Å²) in [6, 6.07) is 5.09. The fraction of sp³-hybridized carbons (Fsp3) is 0.364. The lowest BCUT2D eigenvalue weighted by molar-refractivity contribution is -0.116. The van der Waals surface area contributed by atoms with Crippen LogP contribution in [0.4, 0.5) is 0 Å². The summed E-state index contributed by atoms with van der Waals surface area (Å²) in [7, 11) is -3.20. The third-order valence-corrected chi connectivity index (χ3v) is 3.34. The van der Waals surface area contributed by atoms with Gasteiger partial charge in [-0.3, -0.25) is 4.79 Å². The summed E-state index contributed by atoms with van der Waals surface area (Å²) in [4.78, 5) is 11.2. The van der Waals surface area contributed by atoms with E-state index in [0.29, 0.717) is 10.5 Å². The second-order valence-corrected chi connectivity index (χ2v) is 5.73. The van der Waals surface area contributed by atoms with Gasteiger partial charge in [-0.1, -0.05) is 12.1 Å². The minimum Gasteiger partial charge on any atom is -0.300 e. The number of benzene rings is 1. The van der Waals surface area contributed by atoms with Gasteiger partial charge in [0.25, 0.3) is 0 Å². The standard InChI is InChI=1S/C11H14O3S/c1-8-4-5-10(6-9(2)12)7-11(8)15(3,13)14/h4-5,7H,6H2,1-3H3. The molecule has 4 heteroatoms. The van der Waals surface area contributed by atoms with Crippen molar-refractivity contribution in [2.75, 3.05) is 6.26 Å². The average Bonchev–Trinajstić information content (AvgIpc) is 2.05. The summed E-state index contributed by atoms with van der Waals surface area (Å²) in [5.74, 6) is 0.0262. The number of hydrogen-bond acceptors (Lipinski definition) is 3. The maximum absolute atomic E-state index is 11.4. The molecule has 0 bridgehead atoms. The van der Waals surface area contributed by atoms with Crippen molar-refractivity contribution in [1.82, 2.24) is 0 Å². The van der Waals surface area contributed by atoms with Crippen LogP contribution < -0.4 is 0 Å². The van der Waals surface area contributed by atoms with Crippen molar-refractivity contribution in [3.63, 3.8) is 0 Å². The van der Waals surface area contributed by atoms with Crippen LogP contribution in [0.2, 0.25) is 0 Å². The van der Waals surface area contributed by atoms with Crippen molar-refractivity contribution in [3.8, 4) is 0 Å². The van der Waals surface area contributed by atoms with Crippen LogP contribution in [0.15, 0.2) is 23.1 Å². The van der Waals surface area contributed by atoms with Crippen LogP contribution in [0, 0.1) is 6.92 Å². The Morgan fingerprint density at radius 2 is 1.93 bits per heavy atom. The number of aryl methyl sites for hydroxylation is 1. The molecule has 0 atom stereocenters. The zero-order valence-corrected chi connectivity index (χ0v) is 9.89. The summed E-state index contributed by atoms with van der Waals surface area (Å²) in [6.45, 7) is 3.23. The van der Waals surface area contributed by atoms with Crippen molar-refractivity contribution < 1.29 is 13.2 Å². The molecule has 1 aromatic carbocycles. The quantitative estimate of drug-likeness (QED) is 0.785. The maximum atomic E-state index is 11.4. The monoisotopic (exact) mass is 226 g/mol. The first-order chi connectivity index (χ1) is 6.80. The van der Waals surface area contributed by atoms with E-state index >= 15 is 0 Å². The van der Waals surface area contributed by atoms with Gasteiger partial charge in [-0.2, -0.15) is 0 Å². The van der Waals surface area contributed by atoms with E-state index in [1.807, 2.05) is 0 Å². The van der Waals surface area contributed by atoms with E-state index in [9.17, 15) is 13.2 Å². The molecular weight excluding hydrogens is 212 g/mol. The lowest BCUT2D eigenvalue weighted by Crippen LogP contribution is -2.03. The second kappa shape index (κ2) is 4.14. The van der Waals surface area contributed by atoms with Gasteiger partial charge < -0.3 is 0 Å². The van der Waals surface area contributed by atoms with Crippen LogP contribution in [0.25, 0.3) is 0 Å². The maximum Gasteiger partial charge on any atom is 0.175 e. The minimum absolute atomic E-state index is 0.0262. The second-order valence-electron chi connectivity index (χ2n) is 3.75. The van der Waals surface area contributed by atoms with Crippen molar-refractivity contribution in [2.45, 2.75) is 25.2 Å². The molecule has 0 saturated carbocycles. The third kappa shape index (κ3) is 3.16. The Balaban J connectivity index is 3.23. The molecule has 0 aliphatic rings. The Bertz CT molecular complexity index is 487. The summed E-state index contributed by atoms with van der Waals surface area (Å²) < 4.78 is 22.8. The number of rotatable bonds is 3. The van der Waals surface area contributed by atoms with Gasteiger partial charge in [0.2, 0.25) is 0 Å². The van der Waals surface area contributed by atoms with Gasteiger partial charge >= 0.3 is 0 Å². The molecule has 3 nitrogen and oxygen atoms in total. The Hall–Kier alpha value is -1.16. The number of carbonyl (C=O) groups is 1. The highest BCUT2D eigenvalue weighted by Crippen LogP contribution is 2.17. The molecule has 0 aromatic heterocycles. The molecule has 0 aliphatic carbocycles. The number of Topliss-reactive ketones (excluding diaryl/α,β-unsaturated/α-hetero) is 1. The summed E-state index contributed by atoms with van der Waals surface area (Å²) >= 11 is 0. The molecular formula is C11H14O3S. The largest absolute Gasteiger partial charge is 0.300 e. The van der Waals surface area contributed by atoms with E-state index in [0.717, 1.165) is 5.56 Å². The highest BCUT2D eigenvalue weighted by atomic mass is 32.2. The molecule has 0 heterocycles. The molecule has 0 fully saturated rings. The fourth-order valence-corrected chi connectivity index (χ4v) is 2.46. The van der Waals surface area contributed by atoms with E-state index in [4.69, 9.17) is 0 Å². The summed E-state index contributed by atoms with van der Waals surface area (Å²) in [5, 5.41) is 0. The third-order valence-electron chi connectivity index (χ3n) is 2.11. The zero-order valence-electron chi connectivity index (χ0n) is 9.07. The highest BCUT2D eigenvalue weighted by Gasteiger charge is 2.11. The van der Waals surface area contributed by atoms with Gasteiger partial charge in [0.1, 0.15) is 5.78 Å². The molecule has 0 aliphatic heterocycles. The Kier molecular flexibility index (Phi) is 3.29. The molecule has 82 valence electrons. The molecule has 0 amide bonds. The van der Waals surface area contributed by atoms with Gasteiger partial charge in [0, 0.05) is 12.7 Å². The van der Waals surface area contributed by atoms with E-state index in [2.05, 4.69) is 0 Å². The fourth-order valence-electron chi connectivity index (χ4n) is 1.44. The molecule has 1 rings (SSSR count). The molecule has 1 aromatic rings. The Morgan fingerprint density at radius 1 is 1.33 bits per heavy atom. The molecule has 0 spiro atoms. The van der Waals surface area contributed by atoms with Crippen LogP contribution >= 0.6 is 0 Å². The lowest BCUT2D eigenvalue weighted by Gasteiger charge is -2.05. The van der Waals surface area contributed by atoms with Crippen LogP contribution in [-0.4, -0.2) is 20.5 Å². The van der Waals surface area contributed by atoms with E-state index in [1.54, 1.807) is 25.1 Å². The number of sulfone groups is 1. The first-order valence-electron chi connectivity index (χ1n) is 4.59. The SMILES string of the molecule is CC(=O)Cc1ccc(C)c(S(C)(=O)=O)c1. The average molecular weight is 226 g/mol. The highest BCUT2D eigenvalue weighted by molar-refractivity contribution is 7.90. The first kappa shape index (κ1) is 11.9. The molecule has 0 radical (unpaired) electrons. The Morgan fingerprint density at radius 3 is 2.40 bits per heavy atom. The number of hydrogen-bond donors (Lipinski definition) is 0. The number of carbonyl (C=O) groups excluding carboxylic acids is 1. The smallest absolute Gasteiger partial charge is 0.175 e. The molecule has 0 saturated heterocycles. The number of ketones is 1. The first-order valence-corrected chi connectivity index (χ1v) is 6.49. The molecule has 15 heavy (non-hydrogen) atoms. The minimum atomic E-state index is -3.20. The van der Waals surface area contributed by atoms with Crippen LogP contribution in [0.5, 0.6) is 0 Å². The van der Waals surface area contributed by atoms with Crippen molar-refractivity contribution >= 4 is 15.6 Å². The van der Waals surface area contributed by atoms with Crippen molar-refractivity contribution in [3.05, 3.63) is 29.3 Å².